The van der Waals surface area contributed by atoms with Crippen LogP contribution in [0, 0.1) is 10.7 Å². The largest absolute Gasteiger partial charge is 0.480 e. The van der Waals surface area contributed by atoms with Gasteiger partial charge in [0.1, 0.15) is 6.54 Å². The Balaban J connectivity index is 3.89. The summed E-state index contributed by atoms with van der Waals surface area (Å²) in [7, 11) is 0. The summed E-state index contributed by atoms with van der Waals surface area (Å²) < 4.78 is 1.72. The summed E-state index contributed by atoms with van der Waals surface area (Å²) in [6, 6.07) is 0. The highest BCUT2D eigenvalue weighted by Gasteiger charge is 2.31. The Morgan fingerprint density at radius 3 is 1.54 bits per heavy atom. The molecule has 0 fully saturated rings. The number of rotatable bonds is 7. The molecule has 1 aromatic rings. The van der Waals surface area contributed by atoms with Crippen molar-refractivity contribution in [3.05, 3.63) is 16.3 Å². The van der Waals surface area contributed by atoms with Gasteiger partial charge in [-0.05, 0) is 81.6 Å². The second-order valence-electron chi connectivity index (χ2n) is 5.62. The number of carboxylic acid groups (broad SMARTS) is 1. The molecular weight excluding hydrogens is 707 g/mol. The van der Waals surface area contributed by atoms with Crippen LogP contribution in [0.4, 0.5) is 11.4 Å². The molecule has 0 spiro atoms. The summed E-state index contributed by atoms with van der Waals surface area (Å²) in [5, 5.41) is 11.2. The third kappa shape index (κ3) is 5.46. The molecule has 0 radical (unpaired) electrons. The van der Waals surface area contributed by atoms with E-state index in [-0.39, 0.29) is 17.4 Å². The van der Waals surface area contributed by atoms with Gasteiger partial charge in [0.2, 0.25) is 11.8 Å². The first-order valence-electron chi connectivity index (χ1n) is 8.26. The summed E-state index contributed by atoms with van der Waals surface area (Å²) in [6.07, 6.45) is 0. The molecule has 0 aromatic heterocycles. The van der Waals surface area contributed by atoms with Crippen molar-refractivity contribution in [2.75, 3.05) is 29.4 Å². The van der Waals surface area contributed by atoms with Crippen molar-refractivity contribution in [1.29, 1.82) is 0 Å². The number of anilines is 2. The van der Waals surface area contributed by atoms with Gasteiger partial charge in [0.25, 0.3) is 5.91 Å². The predicted molar refractivity (Wildman–Crippen MR) is 132 cm³/mol. The van der Waals surface area contributed by atoms with Gasteiger partial charge in [-0.25, -0.2) is 0 Å². The zero-order valence-corrected chi connectivity index (χ0v) is 22.2. The highest BCUT2D eigenvalue weighted by molar-refractivity contribution is 14.1. The number of carboxylic acids is 1. The van der Waals surface area contributed by atoms with Crippen molar-refractivity contribution < 1.29 is 24.3 Å². The van der Waals surface area contributed by atoms with Crippen LogP contribution in [0.3, 0.4) is 0 Å². The third-order valence-corrected chi connectivity index (χ3v) is 6.95. The highest BCUT2D eigenvalue weighted by atomic mass is 127. The molecule has 28 heavy (non-hydrogen) atoms. The van der Waals surface area contributed by atoms with Crippen LogP contribution < -0.4 is 15.1 Å². The van der Waals surface area contributed by atoms with E-state index in [1.165, 1.54) is 23.6 Å². The minimum atomic E-state index is -1.16. The van der Waals surface area contributed by atoms with Crippen LogP contribution in [-0.4, -0.2) is 48.4 Å². The first-order valence-corrected chi connectivity index (χ1v) is 11.5. The van der Waals surface area contributed by atoms with Crippen LogP contribution in [0.2, 0.25) is 0 Å². The number of aliphatic carboxylic acids is 1. The number of hydrogen-bond acceptors (Lipinski definition) is 4. The zero-order chi connectivity index (χ0) is 21.8. The van der Waals surface area contributed by atoms with Gasteiger partial charge in [-0.2, -0.15) is 0 Å². The van der Waals surface area contributed by atoms with Gasteiger partial charge < -0.3 is 20.2 Å². The summed E-state index contributed by atoms with van der Waals surface area (Å²) >= 11 is 6.07. The maximum atomic E-state index is 12.8. The van der Waals surface area contributed by atoms with Gasteiger partial charge in [-0.15, -0.1) is 0 Å². The Bertz CT molecular complexity index is 780. The number of benzene rings is 1. The van der Waals surface area contributed by atoms with E-state index < -0.39 is 18.4 Å². The van der Waals surface area contributed by atoms with E-state index in [1.54, 1.807) is 0 Å². The summed E-state index contributed by atoms with van der Waals surface area (Å²) in [4.78, 5) is 51.1. The molecule has 0 saturated heterocycles. The topological polar surface area (TPSA) is 107 Å². The molecule has 0 aliphatic rings. The molecule has 0 aliphatic heterocycles. The molecule has 0 aliphatic carbocycles. The van der Waals surface area contributed by atoms with Gasteiger partial charge in [-0.3, -0.25) is 19.2 Å². The first-order chi connectivity index (χ1) is 13.0. The zero-order valence-electron chi connectivity index (χ0n) is 15.7. The Morgan fingerprint density at radius 2 is 1.25 bits per heavy atom. The van der Waals surface area contributed by atoms with Gasteiger partial charge in [-0.1, -0.05) is 0 Å². The van der Waals surface area contributed by atoms with Gasteiger partial charge in [0.15, 0.2) is 0 Å². The van der Waals surface area contributed by atoms with Crippen LogP contribution in [0.5, 0.6) is 0 Å². The molecule has 154 valence electrons. The van der Waals surface area contributed by atoms with Gasteiger partial charge >= 0.3 is 5.97 Å². The fourth-order valence-corrected chi connectivity index (χ4v) is 7.45. The van der Waals surface area contributed by atoms with Crippen molar-refractivity contribution in [3.8, 4) is 0 Å². The average Bonchev–Trinajstić information content (AvgIpc) is 2.59. The predicted octanol–water partition coefficient (Wildman–Crippen LogP) is 3.06. The number of amides is 3. The smallest absolute Gasteiger partial charge is 0.322 e. The van der Waals surface area contributed by atoms with Crippen LogP contribution in [-0.2, 0) is 14.4 Å². The first kappa shape index (κ1) is 25.3. The van der Waals surface area contributed by atoms with E-state index in [4.69, 9.17) is 5.11 Å². The van der Waals surface area contributed by atoms with E-state index in [9.17, 15) is 19.2 Å². The summed E-state index contributed by atoms with van der Waals surface area (Å²) in [5.41, 5.74) is 1.31. The second-order valence-corrected chi connectivity index (χ2v) is 8.85. The normalized spacial score (nSPS) is 10.4. The van der Waals surface area contributed by atoms with Crippen molar-refractivity contribution in [1.82, 2.24) is 5.32 Å². The van der Waals surface area contributed by atoms with Crippen LogP contribution >= 0.6 is 67.8 Å². The molecule has 11 heteroatoms. The maximum Gasteiger partial charge on any atom is 0.322 e. The van der Waals surface area contributed by atoms with E-state index in [0.717, 1.165) is 0 Å². The number of halogens is 3. The fourth-order valence-electron chi connectivity index (χ4n) is 2.63. The monoisotopic (exact) mass is 727 g/mol. The van der Waals surface area contributed by atoms with Crippen LogP contribution in [0.15, 0.2) is 0 Å². The minimum Gasteiger partial charge on any atom is -0.480 e. The molecule has 0 saturated carbocycles. The van der Waals surface area contributed by atoms with Gasteiger partial charge in [0, 0.05) is 26.9 Å². The summed E-state index contributed by atoms with van der Waals surface area (Å²) in [6.45, 7) is 6.72. The molecule has 8 nitrogen and oxygen atoms in total. The second kappa shape index (κ2) is 10.9. The molecule has 0 atom stereocenters. The molecule has 1 aromatic carbocycles. The lowest BCUT2D eigenvalue weighted by atomic mass is 10.1. The number of nitrogens with zero attached hydrogens (tertiary/aromatic N) is 2. The fraction of sp³-hybridized carbons (Fsp3) is 0.412. The maximum absolute atomic E-state index is 12.8. The number of hydrogen-bond donors (Lipinski definition) is 2. The van der Waals surface area contributed by atoms with E-state index in [0.29, 0.717) is 35.2 Å². The molecule has 0 heterocycles. The van der Waals surface area contributed by atoms with E-state index >= 15 is 0 Å². The van der Waals surface area contributed by atoms with E-state index in [2.05, 4.69) is 27.9 Å². The highest BCUT2D eigenvalue weighted by Crippen LogP contribution is 2.42. The molecule has 0 unspecified atom stereocenters. The number of nitrogens with one attached hydrogen (secondary N) is 1. The van der Waals surface area contributed by atoms with Gasteiger partial charge in [0.05, 0.1) is 27.6 Å². The SMILES string of the molecule is CCN(C(C)=O)c1c(I)c(C(=O)NCC(=O)O)c(I)c(N(CC)C(C)=O)c1I. The lowest BCUT2D eigenvalue weighted by Crippen LogP contribution is -2.36. The molecule has 2 N–H and O–H groups in total. The number of carbonyl (C=O) groups excluding carboxylic acids is 3. The van der Waals surface area contributed by atoms with E-state index in [1.807, 2.05) is 59.0 Å². The standard InChI is InChI=1S/C17H20I3N3O5/c1-5-22(8(3)24)15-12(18)11(17(28)21-7-10(26)27)13(19)16(14(15)20)23(6-2)9(4)25/h5-7H2,1-4H3,(H,21,28)(H,26,27). The van der Waals surface area contributed by atoms with Crippen molar-refractivity contribution in [3.63, 3.8) is 0 Å². The molecule has 1 rings (SSSR count). The average molecular weight is 727 g/mol. The Kier molecular flexibility index (Phi) is 9.85. The van der Waals surface area contributed by atoms with Crippen molar-refractivity contribution in [2.24, 2.45) is 0 Å². The minimum absolute atomic E-state index is 0.201. The van der Waals surface area contributed by atoms with Crippen LogP contribution in [0.1, 0.15) is 38.1 Å². The molecule has 3 amide bonds. The van der Waals surface area contributed by atoms with Crippen molar-refractivity contribution in [2.45, 2.75) is 27.7 Å². The molecule has 0 bridgehead atoms. The van der Waals surface area contributed by atoms with Crippen molar-refractivity contribution >= 4 is 103 Å². The Labute approximate surface area is 204 Å². The third-order valence-electron chi connectivity index (χ3n) is 3.83. The lowest BCUT2D eigenvalue weighted by molar-refractivity contribution is -0.135. The lowest BCUT2D eigenvalue weighted by Gasteiger charge is -2.30. The number of carbonyl (C=O) groups is 4. The molecular formula is C17H20I3N3O5. The Morgan fingerprint density at radius 1 is 0.857 bits per heavy atom. The van der Waals surface area contributed by atoms with Crippen LogP contribution in [0.25, 0.3) is 0 Å². The Hall–Kier alpha value is -0.710. The quantitative estimate of drug-likeness (QED) is 0.421. The summed E-state index contributed by atoms with van der Waals surface area (Å²) in [5.74, 6) is -2.14.